The number of aryl methyl sites for hydroxylation is 4. The van der Waals surface area contributed by atoms with Crippen LogP contribution in [0.4, 0.5) is 11.6 Å². The van der Waals surface area contributed by atoms with Crippen molar-refractivity contribution in [1.29, 1.82) is 0 Å². The first-order chi connectivity index (χ1) is 15.0. The molecule has 3 rings (SSSR count). The second kappa shape index (κ2) is 9.64. The van der Waals surface area contributed by atoms with Crippen LogP contribution in [0, 0.1) is 26.7 Å². The van der Waals surface area contributed by atoms with Gasteiger partial charge in [-0.15, -0.1) is 11.3 Å². The third-order valence-corrected chi connectivity index (χ3v) is 7.79. The molecule has 7 nitrogen and oxygen atoms in total. The summed E-state index contributed by atoms with van der Waals surface area (Å²) in [6.45, 7) is 9.85. The lowest BCUT2D eigenvalue weighted by Gasteiger charge is -2.16. The predicted octanol–water partition coefficient (Wildman–Crippen LogP) is 5.96. The minimum atomic E-state index is -4.11. The molecule has 0 saturated heterocycles. The fourth-order valence-electron chi connectivity index (χ4n) is 3.32. The Labute approximate surface area is 197 Å². The van der Waals surface area contributed by atoms with Crippen molar-refractivity contribution < 1.29 is 17.7 Å². The van der Waals surface area contributed by atoms with Crippen LogP contribution in [0.2, 0.25) is 5.02 Å². The molecule has 10 heteroatoms. The molecule has 2 aromatic heterocycles. The van der Waals surface area contributed by atoms with Gasteiger partial charge < -0.3 is 9.84 Å². The first-order valence-corrected chi connectivity index (χ1v) is 12.9. The van der Waals surface area contributed by atoms with Crippen molar-refractivity contribution in [2.75, 3.05) is 10.0 Å². The van der Waals surface area contributed by atoms with Gasteiger partial charge in [-0.2, -0.15) is 0 Å². The van der Waals surface area contributed by atoms with Gasteiger partial charge in [0.05, 0.1) is 0 Å². The summed E-state index contributed by atoms with van der Waals surface area (Å²) >= 11 is 7.07. The second-order valence-electron chi connectivity index (χ2n) is 8.13. The number of amides is 1. The van der Waals surface area contributed by atoms with Crippen LogP contribution in [0.5, 0.6) is 0 Å². The SMILES string of the molecule is Cc1cc(C)c(NC(=O)c2sccc2S(=O)(=O)Nc2onc(C)c2Cl)c(CCC(C)C)c1. The van der Waals surface area contributed by atoms with Gasteiger partial charge >= 0.3 is 0 Å². The summed E-state index contributed by atoms with van der Waals surface area (Å²) in [6.07, 6.45) is 1.79. The number of benzene rings is 1. The van der Waals surface area contributed by atoms with Crippen LogP contribution in [0.1, 0.15) is 52.3 Å². The van der Waals surface area contributed by atoms with Gasteiger partial charge in [0.15, 0.2) is 0 Å². The molecule has 0 unspecified atom stereocenters. The van der Waals surface area contributed by atoms with Crippen LogP contribution in [-0.2, 0) is 16.4 Å². The highest BCUT2D eigenvalue weighted by Gasteiger charge is 2.27. The standard InChI is InChI=1S/C22H26ClN3O4S2/c1-12(2)6-7-16-11-13(3)10-14(4)19(16)24-21(27)20-17(8-9-31-20)32(28,29)26-22-18(23)15(5)25-30-22/h8-12,26H,6-7H2,1-5H3,(H,24,27). The van der Waals surface area contributed by atoms with E-state index in [2.05, 4.69) is 35.1 Å². The van der Waals surface area contributed by atoms with Crippen LogP contribution in [0.15, 0.2) is 33.0 Å². The number of halogens is 1. The molecular formula is C22H26ClN3O4S2. The molecule has 0 aliphatic heterocycles. The summed E-state index contributed by atoms with van der Waals surface area (Å²) < 4.78 is 33.1. The number of rotatable bonds is 8. The molecule has 2 N–H and O–H groups in total. The van der Waals surface area contributed by atoms with Crippen LogP contribution in [0.25, 0.3) is 0 Å². The van der Waals surface area contributed by atoms with E-state index in [1.165, 1.54) is 6.07 Å². The van der Waals surface area contributed by atoms with Gasteiger partial charge in [-0.25, -0.2) is 13.1 Å². The molecule has 2 heterocycles. The third kappa shape index (κ3) is 5.33. The number of sulfonamides is 1. The van der Waals surface area contributed by atoms with Gasteiger partial charge in [-0.3, -0.25) is 4.79 Å². The number of aromatic nitrogens is 1. The molecule has 0 bridgehead atoms. The summed E-state index contributed by atoms with van der Waals surface area (Å²) in [4.78, 5) is 13.1. The highest BCUT2D eigenvalue weighted by atomic mass is 35.5. The van der Waals surface area contributed by atoms with Crippen molar-refractivity contribution in [3.05, 3.63) is 55.9 Å². The number of carbonyl (C=O) groups is 1. The van der Waals surface area contributed by atoms with E-state index in [-0.39, 0.29) is 20.7 Å². The summed E-state index contributed by atoms with van der Waals surface area (Å²) in [5.41, 5.74) is 4.16. The number of anilines is 2. The molecule has 0 saturated carbocycles. The minimum Gasteiger partial charge on any atom is -0.336 e. The van der Waals surface area contributed by atoms with E-state index < -0.39 is 15.9 Å². The Bertz CT molecular complexity index is 1250. The fourth-order valence-corrected chi connectivity index (χ4v) is 5.81. The van der Waals surface area contributed by atoms with Crippen molar-refractivity contribution in [2.45, 2.75) is 52.4 Å². The lowest BCUT2D eigenvalue weighted by atomic mass is 9.97. The molecule has 0 spiro atoms. The molecule has 3 aromatic rings. The highest BCUT2D eigenvalue weighted by molar-refractivity contribution is 7.93. The van der Waals surface area contributed by atoms with E-state index in [0.29, 0.717) is 11.6 Å². The minimum absolute atomic E-state index is 0.0691. The van der Waals surface area contributed by atoms with Gasteiger partial charge in [0.2, 0.25) is 0 Å². The second-order valence-corrected chi connectivity index (χ2v) is 11.1. The average molecular weight is 496 g/mol. The van der Waals surface area contributed by atoms with Crippen LogP contribution < -0.4 is 10.0 Å². The molecule has 32 heavy (non-hydrogen) atoms. The van der Waals surface area contributed by atoms with Gasteiger partial charge in [-0.1, -0.05) is 48.3 Å². The molecule has 0 fully saturated rings. The van der Waals surface area contributed by atoms with Crippen molar-refractivity contribution in [3.8, 4) is 0 Å². The topological polar surface area (TPSA) is 101 Å². The van der Waals surface area contributed by atoms with Gasteiger partial charge in [-0.05, 0) is 62.1 Å². The maximum absolute atomic E-state index is 13.1. The molecular weight excluding hydrogens is 470 g/mol. The van der Waals surface area contributed by atoms with E-state index >= 15 is 0 Å². The number of nitrogens with zero attached hydrogens (tertiary/aromatic N) is 1. The average Bonchev–Trinajstić information content (AvgIpc) is 3.32. The molecule has 0 aliphatic rings. The smallest absolute Gasteiger partial charge is 0.267 e. The third-order valence-electron chi connectivity index (χ3n) is 4.93. The van der Waals surface area contributed by atoms with E-state index in [1.54, 1.807) is 12.3 Å². The Hall–Kier alpha value is -2.36. The summed E-state index contributed by atoms with van der Waals surface area (Å²) in [6, 6.07) is 5.43. The van der Waals surface area contributed by atoms with E-state index in [0.717, 1.165) is 46.6 Å². The molecule has 1 aromatic carbocycles. The van der Waals surface area contributed by atoms with Crippen molar-refractivity contribution in [1.82, 2.24) is 5.16 Å². The van der Waals surface area contributed by atoms with E-state index in [9.17, 15) is 13.2 Å². The highest BCUT2D eigenvalue weighted by Crippen LogP contribution is 2.31. The monoisotopic (exact) mass is 495 g/mol. The van der Waals surface area contributed by atoms with Crippen LogP contribution in [0.3, 0.4) is 0 Å². The predicted molar refractivity (Wildman–Crippen MR) is 128 cm³/mol. The normalized spacial score (nSPS) is 11.7. The van der Waals surface area contributed by atoms with Gasteiger partial charge in [0, 0.05) is 5.69 Å². The molecule has 0 atom stereocenters. The van der Waals surface area contributed by atoms with Gasteiger partial charge in [0.1, 0.15) is 20.5 Å². The zero-order chi connectivity index (χ0) is 23.6. The lowest BCUT2D eigenvalue weighted by molar-refractivity contribution is 0.102. The van der Waals surface area contributed by atoms with E-state index in [1.807, 2.05) is 19.9 Å². The van der Waals surface area contributed by atoms with Crippen molar-refractivity contribution >= 4 is 50.4 Å². The number of carbonyl (C=O) groups excluding carboxylic acids is 1. The summed E-state index contributed by atoms with van der Waals surface area (Å²) in [5.74, 6) is -0.156. The quantitative estimate of drug-likeness (QED) is 0.401. The van der Waals surface area contributed by atoms with Crippen molar-refractivity contribution in [2.24, 2.45) is 5.92 Å². The van der Waals surface area contributed by atoms with E-state index in [4.69, 9.17) is 16.1 Å². The Morgan fingerprint density at radius 3 is 2.59 bits per heavy atom. The van der Waals surface area contributed by atoms with Gasteiger partial charge in [0.25, 0.3) is 21.8 Å². The number of hydrogen-bond donors (Lipinski definition) is 2. The van der Waals surface area contributed by atoms with Crippen molar-refractivity contribution in [3.63, 3.8) is 0 Å². The largest absolute Gasteiger partial charge is 0.336 e. The summed E-state index contributed by atoms with van der Waals surface area (Å²) in [7, 11) is -4.11. The fraction of sp³-hybridized carbons (Fsp3) is 0.364. The number of nitrogens with one attached hydrogen (secondary N) is 2. The Balaban J connectivity index is 1.90. The number of thiophene rings is 1. The molecule has 1 amide bonds. The Morgan fingerprint density at radius 2 is 1.97 bits per heavy atom. The maximum atomic E-state index is 13.1. The van der Waals surface area contributed by atoms with Crippen LogP contribution >= 0.6 is 22.9 Å². The summed E-state index contributed by atoms with van der Waals surface area (Å²) in [5, 5.41) is 8.21. The first-order valence-electron chi connectivity index (χ1n) is 10.1. The zero-order valence-electron chi connectivity index (χ0n) is 18.6. The van der Waals surface area contributed by atoms with Crippen LogP contribution in [-0.4, -0.2) is 19.5 Å². The Kier molecular flexibility index (Phi) is 7.32. The number of hydrogen-bond acceptors (Lipinski definition) is 6. The molecule has 172 valence electrons. The first kappa shape index (κ1) is 24.3. The maximum Gasteiger partial charge on any atom is 0.267 e. The molecule has 0 radical (unpaired) electrons. The Morgan fingerprint density at radius 1 is 1.25 bits per heavy atom. The zero-order valence-corrected chi connectivity index (χ0v) is 21.0. The molecule has 0 aliphatic carbocycles. The lowest BCUT2D eigenvalue weighted by Crippen LogP contribution is -2.19.